The van der Waals surface area contributed by atoms with E-state index >= 15 is 0 Å². The van der Waals surface area contributed by atoms with Crippen LogP contribution in [0.1, 0.15) is 28.0 Å². The third-order valence-electron chi connectivity index (χ3n) is 9.33. The molecule has 10 nitrogen and oxygen atoms in total. The van der Waals surface area contributed by atoms with E-state index in [1.807, 2.05) is 102 Å². The van der Waals surface area contributed by atoms with Crippen molar-refractivity contribution in [2.24, 2.45) is 5.92 Å². The number of ether oxygens (including phenoxy) is 1. The number of carbonyl (C=O) groups excluding carboxylic acids is 4. The third kappa shape index (κ3) is 10.5. The number of benzene rings is 4. The van der Waals surface area contributed by atoms with Gasteiger partial charge in [-0.25, -0.2) is 0 Å². The number of aliphatic carboxylic acids is 1. The first-order chi connectivity index (χ1) is 26.2. The van der Waals surface area contributed by atoms with Gasteiger partial charge in [0.1, 0.15) is 17.8 Å². The van der Waals surface area contributed by atoms with Crippen molar-refractivity contribution in [3.63, 3.8) is 0 Å². The number of fused-ring (bicyclic) bond motifs is 16. The van der Waals surface area contributed by atoms with Crippen molar-refractivity contribution < 1.29 is 33.8 Å². The van der Waals surface area contributed by atoms with Gasteiger partial charge >= 0.3 is 5.97 Å². The number of hydrogen-bond donors (Lipinski definition) is 4. The van der Waals surface area contributed by atoms with E-state index in [4.69, 9.17) is 4.74 Å². The standard InChI is InChI=1S/C43H41N3O7S/c47-39-25-33(43(51)52)22-29-15-19-34(20-16-29)53-27-40(48)44-38(26-35-12-7-21-54-35)42(50)46-37(41(49)45-36(39)23-28-8-3-1-4-9-28)24-30-13-17-32(18-14-30)31-10-5-2-6-11-31/h1-21,33,36-38H,22-27H2,(H,44,48)(H,45,49)(H,46,50)(H,51,52)/t33-,36+,37-,38-/m1/s1. The van der Waals surface area contributed by atoms with Gasteiger partial charge in [-0.3, -0.25) is 24.0 Å². The van der Waals surface area contributed by atoms with E-state index in [9.17, 15) is 29.1 Å². The van der Waals surface area contributed by atoms with E-state index in [0.717, 1.165) is 27.1 Å². The third-order valence-corrected chi connectivity index (χ3v) is 10.2. The zero-order valence-electron chi connectivity index (χ0n) is 29.5. The predicted molar refractivity (Wildman–Crippen MR) is 206 cm³/mol. The summed E-state index contributed by atoms with van der Waals surface area (Å²) in [4.78, 5) is 68.9. The number of rotatable bonds is 8. The Balaban J connectivity index is 1.34. The lowest BCUT2D eigenvalue weighted by Gasteiger charge is -2.26. The summed E-state index contributed by atoms with van der Waals surface area (Å²) < 4.78 is 5.70. The van der Waals surface area contributed by atoms with E-state index in [-0.39, 0.29) is 38.7 Å². The zero-order valence-corrected chi connectivity index (χ0v) is 30.3. The highest BCUT2D eigenvalue weighted by Gasteiger charge is 2.32. The van der Waals surface area contributed by atoms with Crippen LogP contribution in [0, 0.1) is 5.92 Å². The molecule has 0 saturated heterocycles. The molecule has 0 spiro atoms. The number of Topliss-reactive ketones (excluding diaryl/α,β-unsaturated/α-hetero) is 1. The lowest BCUT2D eigenvalue weighted by molar-refractivity contribution is -0.144. The number of carboxylic acids is 1. The first kappa shape index (κ1) is 37.7. The molecule has 3 amide bonds. The van der Waals surface area contributed by atoms with Crippen LogP contribution in [0.25, 0.3) is 11.1 Å². The Labute approximate surface area is 317 Å². The van der Waals surface area contributed by atoms with Crippen molar-refractivity contribution in [3.8, 4) is 16.9 Å². The predicted octanol–water partition coefficient (Wildman–Crippen LogP) is 5.19. The van der Waals surface area contributed by atoms with Crippen LogP contribution in [0.5, 0.6) is 5.75 Å². The summed E-state index contributed by atoms with van der Waals surface area (Å²) in [5.41, 5.74) is 4.19. The maximum absolute atomic E-state index is 14.3. The first-order valence-electron chi connectivity index (χ1n) is 17.8. The Morgan fingerprint density at radius 1 is 0.630 bits per heavy atom. The summed E-state index contributed by atoms with van der Waals surface area (Å²) >= 11 is 1.44. The normalized spacial score (nSPS) is 20.0. The molecular formula is C43H41N3O7S. The summed E-state index contributed by atoms with van der Waals surface area (Å²) in [6.45, 7) is -0.376. The number of ketones is 1. The summed E-state index contributed by atoms with van der Waals surface area (Å²) in [5.74, 6) is -4.01. The molecule has 5 aromatic rings. The largest absolute Gasteiger partial charge is 0.484 e. The van der Waals surface area contributed by atoms with Crippen molar-refractivity contribution in [1.29, 1.82) is 0 Å². The van der Waals surface area contributed by atoms with Gasteiger partial charge in [0.25, 0.3) is 5.91 Å². The molecule has 0 fully saturated rings. The molecule has 0 saturated carbocycles. The maximum Gasteiger partial charge on any atom is 0.307 e. The fourth-order valence-corrected chi connectivity index (χ4v) is 7.16. The first-order valence-corrected chi connectivity index (χ1v) is 18.7. The lowest BCUT2D eigenvalue weighted by atomic mass is 9.90. The molecule has 3 heterocycles. The number of carboxylic acid groups (broad SMARTS) is 1. The second kappa shape index (κ2) is 18.1. The maximum atomic E-state index is 14.3. The van der Waals surface area contributed by atoms with Crippen LogP contribution >= 0.6 is 11.3 Å². The van der Waals surface area contributed by atoms with Crippen LogP contribution in [0.2, 0.25) is 0 Å². The van der Waals surface area contributed by atoms with Gasteiger partial charge in [-0.2, -0.15) is 0 Å². The average Bonchev–Trinajstić information content (AvgIpc) is 3.70. The van der Waals surface area contributed by atoms with Crippen LogP contribution in [0.3, 0.4) is 0 Å². The molecule has 2 bridgehead atoms. The molecule has 0 aliphatic carbocycles. The van der Waals surface area contributed by atoms with Gasteiger partial charge in [0.05, 0.1) is 12.0 Å². The van der Waals surface area contributed by atoms with Crippen LogP contribution < -0.4 is 20.7 Å². The Bertz CT molecular complexity index is 2040. The van der Waals surface area contributed by atoms with Crippen molar-refractivity contribution in [2.75, 3.05) is 6.61 Å². The highest BCUT2D eigenvalue weighted by Crippen LogP contribution is 2.22. The van der Waals surface area contributed by atoms with E-state index in [2.05, 4.69) is 16.0 Å². The minimum absolute atomic E-state index is 0.0654. The number of thiophene rings is 1. The van der Waals surface area contributed by atoms with E-state index in [1.165, 1.54) is 11.3 Å². The molecule has 54 heavy (non-hydrogen) atoms. The molecule has 11 heteroatoms. The fourth-order valence-electron chi connectivity index (χ4n) is 6.41. The van der Waals surface area contributed by atoms with Crippen molar-refractivity contribution in [2.45, 2.75) is 50.2 Å². The van der Waals surface area contributed by atoms with Crippen LogP contribution in [-0.2, 0) is 49.7 Å². The van der Waals surface area contributed by atoms with Crippen molar-refractivity contribution >= 4 is 40.8 Å². The number of nitrogens with one attached hydrogen (secondary N) is 3. The Kier molecular flexibility index (Phi) is 12.6. The lowest BCUT2D eigenvalue weighted by Crippen LogP contribution is -2.57. The SMILES string of the molecule is O=C1COc2ccc(cc2)C[C@@H](C(=O)O)CC(=O)[C@H](Cc2ccccc2)NC(=O)[C@@H](Cc2ccc(-c3ccccc3)cc2)NC(=O)[C@@H](Cc2cccs2)N1. The highest BCUT2D eigenvalue weighted by molar-refractivity contribution is 7.09. The summed E-state index contributed by atoms with van der Waals surface area (Å²) in [7, 11) is 0. The van der Waals surface area contributed by atoms with E-state index < -0.39 is 53.5 Å². The second-order valence-corrected chi connectivity index (χ2v) is 14.4. The van der Waals surface area contributed by atoms with Crippen LogP contribution in [0.4, 0.5) is 0 Å². The molecule has 7 rings (SSSR count). The summed E-state index contributed by atoms with van der Waals surface area (Å²) in [6, 6.07) is 33.7. The quantitative estimate of drug-likeness (QED) is 0.160. The Morgan fingerprint density at radius 2 is 1.22 bits per heavy atom. The molecule has 0 radical (unpaired) electrons. The van der Waals surface area contributed by atoms with Crippen LogP contribution in [0.15, 0.2) is 127 Å². The van der Waals surface area contributed by atoms with Crippen molar-refractivity contribution in [3.05, 3.63) is 148 Å². The average molecular weight is 744 g/mol. The van der Waals surface area contributed by atoms with Gasteiger partial charge < -0.3 is 25.8 Å². The fraction of sp³-hybridized carbons (Fsp3) is 0.233. The van der Waals surface area contributed by atoms with Gasteiger partial charge in [0, 0.05) is 24.1 Å². The number of hydrogen-bond acceptors (Lipinski definition) is 7. The number of carbonyl (C=O) groups is 5. The highest BCUT2D eigenvalue weighted by atomic mass is 32.1. The minimum atomic E-state index is -1.15. The monoisotopic (exact) mass is 743 g/mol. The van der Waals surface area contributed by atoms with Gasteiger partial charge in [0.15, 0.2) is 12.4 Å². The zero-order chi connectivity index (χ0) is 37.9. The van der Waals surface area contributed by atoms with Gasteiger partial charge in [-0.05, 0) is 64.2 Å². The molecule has 2 aliphatic heterocycles. The van der Waals surface area contributed by atoms with E-state index in [0.29, 0.717) is 11.3 Å². The molecule has 1 aromatic heterocycles. The van der Waals surface area contributed by atoms with E-state index in [1.54, 1.807) is 24.3 Å². The Morgan fingerprint density at radius 3 is 1.87 bits per heavy atom. The van der Waals surface area contributed by atoms with Gasteiger partial charge in [-0.15, -0.1) is 11.3 Å². The molecule has 4 N–H and O–H groups in total. The molecular weight excluding hydrogens is 703 g/mol. The molecule has 4 atom stereocenters. The molecule has 0 unspecified atom stereocenters. The smallest absolute Gasteiger partial charge is 0.307 e. The second-order valence-electron chi connectivity index (χ2n) is 13.3. The molecule has 276 valence electrons. The Hall–Kier alpha value is -6.07. The molecule has 4 aromatic carbocycles. The molecule has 2 aliphatic rings. The van der Waals surface area contributed by atoms with Gasteiger partial charge in [-0.1, -0.05) is 103 Å². The summed E-state index contributed by atoms with van der Waals surface area (Å²) in [6.07, 6.45) is 0.108. The minimum Gasteiger partial charge on any atom is -0.484 e. The summed E-state index contributed by atoms with van der Waals surface area (Å²) in [5, 5.41) is 20.6. The number of amides is 3. The van der Waals surface area contributed by atoms with Crippen LogP contribution in [-0.4, -0.2) is 59.3 Å². The van der Waals surface area contributed by atoms with Gasteiger partial charge in [0.2, 0.25) is 11.8 Å². The van der Waals surface area contributed by atoms with Crippen molar-refractivity contribution in [1.82, 2.24) is 16.0 Å². The topological polar surface area (TPSA) is 151 Å².